The first-order valence-corrected chi connectivity index (χ1v) is 16.8. The largest absolute Gasteiger partial charge is 0.343 e. The number of nitrogens with zero attached hydrogens (tertiary/aromatic N) is 2. The van der Waals surface area contributed by atoms with E-state index in [9.17, 15) is 24.0 Å². The molecule has 242 valence electrons. The van der Waals surface area contributed by atoms with Crippen molar-refractivity contribution in [2.75, 3.05) is 26.1 Å². The van der Waals surface area contributed by atoms with Gasteiger partial charge in [-0.3, -0.25) is 24.0 Å². The van der Waals surface area contributed by atoms with Crippen LogP contribution in [-0.2, 0) is 24.0 Å². The van der Waals surface area contributed by atoms with E-state index >= 15 is 0 Å². The minimum Gasteiger partial charge on any atom is -0.343 e. The van der Waals surface area contributed by atoms with E-state index in [-0.39, 0.29) is 35.5 Å². The molecule has 0 aromatic rings. The molecular weight excluding hydrogens is 554 g/mol. The highest BCUT2D eigenvalue weighted by Crippen LogP contribution is 2.19. The molecule has 11 heteroatoms. The van der Waals surface area contributed by atoms with Gasteiger partial charge in [0, 0.05) is 14.1 Å². The maximum Gasteiger partial charge on any atom is 0.245 e. The van der Waals surface area contributed by atoms with Gasteiger partial charge >= 0.3 is 0 Å². The lowest BCUT2D eigenvalue weighted by Crippen LogP contribution is -2.58. The summed E-state index contributed by atoms with van der Waals surface area (Å²) in [5, 5.41) is 8.77. The molecule has 0 saturated carbocycles. The smallest absolute Gasteiger partial charge is 0.245 e. The zero-order valence-electron chi connectivity index (χ0n) is 27.8. The van der Waals surface area contributed by atoms with Crippen molar-refractivity contribution in [1.29, 1.82) is 0 Å². The Hall–Kier alpha value is -2.30. The molecule has 1 fully saturated rings. The third-order valence-corrected chi connectivity index (χ3v) is 8.16. The van der Waals surface area contributed by atoms with E-state index in [4.69, 9.17) is 0 Å². The lowest BCUT2D eigenvalue weighted by Gasteiger charge is -2.34. The summed E-state index contributed by atoms with van der Waals surface area (Å²) < 4.78 is 0. The van der Waals surface area contributed by atoms with Gasteiger partial charge in [0.1, 0.15) is 30.2 Å². The van der Waals surface area contributed by atoms with Crippen molar-refractivity contribution in [3.05, 3.63) is 0 Å². The standard InChI is InChI=1S/C31H57N5O5S/c1-18(2)14-23-27(37)32-22(12-13-42-11)30(40)35(9)26(17-21(7)8)29(39)34-24(15-19(3)4)31(41)36(10)25(16-20(5)6)28(38)33-23/h18-26H,12-17H2,1-11H3,(H,32,37)(H,33,38)(H,34,39)/t22-,23+,24+,25+,26+/m1/s1. The highest BCUT2D eigenvalue weighted by molar-refractivity contribution is 7.98. The molecule has 10 nitrogen and oxygen atoms in total. The molecule has 0 bridgehead atoms. The van der Waals surface area contributed by atoms with Crippen LogP contribution in [0.2, 0.25) is 0 Å². The highest BCUT2D eigenvalue weighted by atomic mass is 32.2. The third kappa shape index (κ3) is 11.8. The second-order valence-electron chi connectivity index (χ2n) is 13.4. The number of rotatable bonds is 11. The molecule has 1 saturated heterocycles. The Labute approximate surface area is 258 Å². The number of thioether (sulfide) groups is 1. The summed E-state index contributed by atoms with van der Waals surface area (Å²) in [4.78, 5) is 71.9. The summed E-state index contributed by atoms with van der Waals surface area (Å²) in [6.45, 7) is 15.8. The monoisotopic (exact) mass is 611 g/mol. The van der Waals surface area contributed by atoms with Crippen LogP contribution in [0.1, 0.15) is 87.5 Å². The Bertz CT molecular complexity index is 925. The molecule has 0 aromatic heterocycles. The van der Waals surface area contributed by atoms with Crippen LogP contribution in [0.4, 0.5) is 0 Å². The van der Waals surface area contributed by atoms with E-state index in [1.54, 1.807) is 25.9 Å². The van der Waals surface area contributed by atoms with Crippen LogP contribution in [0.25, 0.3) is 0 Å². The van der Waals surface area contributed by atoms with Crippen molar-refractivity contribution in [2.45, 2.75) is 118 Å². The molecule has 3 N–H and O–H groups in total. The zero-order chi connectivity index (χ0) is 32.3. The van der Waals surface area contributed by atoms with E-state index in [1.165, 1.54) is 9.80 Å². The molecule has 1 aliphatic rings. The van der Waals surface area contributed by atoms with E-state index < -0.39 is 47.9 Å². The van der Waals surface area contributed by atoms with Gasteiger partial charge in [-0.25, -0.2) is 0 Å². The number of hydrogen-bond acceptors (Lipinski definition) is 6. The van der Waals surface area contributed by atoms with Crippen LogP contribution < -0.4 is 16.0 Å². The summed E-state index contributed by atoms with van der Waals surface area (Å²) >= 11 is 1.56. The zero-order valence-corrected chi connectivity index (χ0v) is 28.6. The van der Waals surface area contributed by atoms with Gasteiger partial charge in [0.15, 0.2) is 0 Å². The van der Waals surface area contributed by atoms with Gasteiger partial charge in [-0.05, 0) is 67.8 Å². The number of hydrogen-bond donors (Lipinski definition) is 3. The predicted octanol–water partition coefficient (Wildman–Crippen LogP) is 3.05. The molecule has 0 aromatic carbocycles. The van der Waals surface area contributed by atoms with Crippen LogP contribution in [-0.4, -0.2) is 95.6 Å². The molecule has 0 spiro atoms. The number of nitrogens with one attached hydrogen (secondary N) is 3. The summed E-state index contributed by atoms with van der Waals surface area (Å²) in [6.07, 6.45) is 3.83. The second-order valence-corrected chi connectivity index (χ2v) is 14.4. The second kappa shape index (κ2) is 17.7. The maximum absolute atomic E-state index is 13.9. The quantitative estimate of drug-likeness (QED) is 0.330. The van der Waals surface area contributed by atoms with Gasteiger partial charge in [0.05, 0.1) is 0 Å². The van der Waals surface area contributed by atoms with Crippen LogP contribution in [0.5, 0.6) is 0 Å². The molecule has 1 heterocycles. The molecule has 5 amide bonds. The molecular formula is C31H57N5O5S. The van der Waals surface area contributed by atoms with Crippen molar-refractivity contribution < 1.29 is 24.0 Å². The molecule has 0 aliphatic carbocycles. The fourth-order valence-corrected chi connectivity index (χ4v) is 5.74. The van der Waals surface area contributed by atoms with Gasteiger partial charge in [0.2, 0.25) is 29.5 Å². The Kier molecular flexibility index (Phi) is 15.9. The van der Waals surface area contributed by atoms with Crippen molar-refractivity contribution >= 4 is 41.3 Å². The van der Waals surface area contributed by atoms with Gasteiger partial charge in [0.25, 0.3) is 0 Å². The molecule has 42 heavy (non-hydrogen) atoms. The molecule has 0 unspecified atom stereocenters. The predicted molar refractivity (Wildman–Crippen MR) is 170 cm³/mol. The van der Waals surface area contributed by atoms with Gasteiger partial charge in [-0.2, -0.15) is 11.8 Å². The molecule has 1 aliphatic heterocycles. The van der Waals surface area contributed by atoms with Crippen molar-refractivity contribution in [1.82, 2.24) is 25.8 Å². The summed E-state index contributed by atoms with van der Waals surface area (Å²) in [7, 11) is 3.17. The first kappa shape index (κ1) is 37.7. The van der Waals surface area contributed by atoms with Crippen molar-refractivity contribution in [3.63, 3.8) is 0 Å². The fourth-order valence-electron chi connectivity index (χ4n) is 5.27. The van der Waals surface area contributed by atoms with E-state index in [0.717, 1.165) is 0 Å². The Morgan fingerprint density at radius 1 is 0.571 bits per heavy atom. The topological polar surface area (TPSA) is 128 Å². The van der Waals surface area contributed by atoms with Crippen LogP contribution in [0.3, 0.4) is 0 Å². The average Bonchev–Trinajstić information content (AvgIpc) is 2.88. The Morgan fingerprint density at radius 2 is 0.929 bits per heavy atom. The molecule has 5 atom stereocenters. The molecule has 0 radical (unpaired) electrons. The lowest BCUT2D eigenvalue weighted by atomic mass is 9.97. The summed E-state index contributed by atoms with van der Waals surface area (Å²) in [6, 6.07) is -4.28. The van der Waals surface area contributed by atoms with E-state index in [0.29, 0.717) is 37.9 Å². The van der Waals surface area contributed by atoms with Gasteiger partial charge in [-0.15, -0.1) is 0 Å². The first-order chi connectivity index (χ1) is 19.5. The minimum absolute atomic E-state index is 0.0849. The molecule has 1 rings (SSSR count). The Balaban J connectivity index is 3.78. The van der Waals surface area contributed by atoms with Gasteiger partial charge in [-0.1, -0.05) is 55.4 Å². The van der Waals surface area contributed by atoms with Crippen molar-refractivity contribution in [2.24, 2.45) is 23.7 Å². The summed E-state index contributed by atoms with van der Waals surface area (Å²) in [5.41, 5.74) is 0. The SMILES string of the molecule is CSCC[C@H]1NC(=O)[C@H](CC(C)C)NC(=O)[C@H](CC(C)C)N(C)C(=O)[C@H](CC(C)C)NC(=O)[C@H](CC(C)C)N(C)C1=O. The normalized spacial score (nSPS) is 25.6. The van der Waals surface area contributed by atoms with Crippen molar-refractivity contribution in [3.8, 4) is 0 Å². The van der Waals surface area contributed by atoms with Crippen LogP contribution in [0.15, 0.2) is 0 Å². The number of carbonyl (C=O) groups is 5. The first-order valence-electron chi connectivity index (χ1n) is 15.4. The van der Waals surface area contributed by atoms with Crippen LogP contribution in [0, 0.1) is 23.7 Å². The lowest BCUT2D eigenvalue weighted by molar-refractivity contribution is -0.145. The van der Waals surface area contributed by atoms with Gasteiger partial charge < -0.3 is 25.8 Å². The number of likely N-dealkylation sites (N-methyl/N-ethyl adjacent to an activating group) is 2. The minimum atomic E-state index is -0.881. The Morgan fingerprint density at radius 3 is 1.33 bits per heavy atom. The highest BCUT2D eigenvalue weighted by Gasteiger charge is 2.39. The fraction of sp³-hybridized carbons (Fsp3) is 0.839. The maximum atomic E-state index is 13.9. The van der Waals surface area contributed by atoms with Crippen LogP contribution >= 0.6 is 11.8 Å². The number of carbonyl (C=O) groups excluding carboxylic acids is 5. The number of amides is 5. The van der Waals surface area contributed by atoms with E-state index in [1.807, 2.05) is 61.6 Å². The van der Waals surface area contributed by atoms with E-state index in [2.05, 4.69) is 16.0 Å². The average molecular weight is 612 g/mol. The third-order valence-electron chi connectivity index (χ3n) is 7.51. The summed E-state index contributed by atoms with van der Waals surface area (Å²) in [5.74, 6) is -1.05.